The van der Waals surface area contributed by atoms with E-state index in [2.05, 4.69) is 25.5 Å². The van der Waals surface area contributed by atoms with Crippen molar-refractivity contribution in [2.75, 3.05) is 7.05 Å². The first-order chi connectivity index (χ1) is 8.36. The van der Waals surface area contributed by atoms with E-state index in [0.717, 1.165) is 22.9 Å². The minimum Gasteiger partial charge on any atom is -0.310 e. The largest absolute Gasteiger partial charge is 0.310 e. The molecule has 3 aromatic heterocycles. The van der Waals surface area contributed by atoms with Gasteiger partial charge in [-0.05, 0) is 7.05 Å². The Bertz CT molecular complexity index is 567. The molecule has 0 aromatic carbocycles. The molecule has 0 bridgehead atoms. The van der Waals surface area contributed by atoms with Gasteiger partial charge in [0, 0.05) is 24.2 Å². The summed E-state index contributed by atoms with van der Waals surface area (Å²) in [6.07, 6.45) is 6.37. The Labute approximate surface area is 102 Å². The summed E-state index contributed by atoms with van der Waals surface area (Å²) >= 11 is 1.64. The molecule has 88 valence electrons. The number of fused-ring (bicyclic) bond motifs is 1. The van der Waals surface area contributed by atoms with Crippen LogP contribution < -0.4 is 5.32 Å². The van der Waals surface area contributed by atoms with Gasteiger partial charge in [-0.3, -0.25) is 9.50 Å². The predicted molar refractivity (Wildman–Crippen MR) is 65.0 cm³/mol. The van der Waals surface area contributed by atoms with Crippen molar-refractivity contribution >= 4 is 16.3 Å². The van der Waals surface area contributed by atoms with E-state index in [4.69, 9.17) is 0 Å². The van der Waals surface area contributed by atoms with E-state index in [9.17, 15) is 0 Å². The minimum absolute atomic E-state index is 0.113. The third kappa shape index (κ3) is 1.94. The topological polar surface area (TPSA) is 70.9 Å². The zero-order valence-corrected chi connectivity index (χ0v) is 10.1. The van der Waals surface area contributed by atoms with Gasteiger partial charge in [0.1, 0.15) is 12.2 Å². The van der Waals surface area contributed by atoms with Gasteiger partial charge in [-0.25, -0.2) is 9.97 Å². The second-order valence-corrected chi connectivity index (χ2v) is 4.61. The zero-order valence-electron chi connectivity index (χ0n) is 9.29. The lowest BCUT2D eigenvalue weighted by Crippen LogP contribution is -2.20. The Morgan fingerprint density at radius 3 is 3.24 bits per heavy atom. The maximum atomic E-state index is 4.55. The fraction of sp³-hybridized carbons (Fsp3) is 0.300. The average Bonchev–Trinajstić information content (AvgIpc) is 3.01. The minimum atomic E-state index is 0.113. The molecule has 0 radical (unpaired) electrons. The summed E-state index contributed by atoms with van der Waals surface area (Å²) in [5.74, 6) is 0.837. The van der Waals surface area contributed by atoms with Crippen molar-refractivity contribution in [3.8, 4) is 0 Å². The van der Waals surface area contributed by atoms with Crippen LogP contribution in [0.25, 0.3) is 4.96 Å². The van der Waals surface area contributed by atoms with Crippen LogP contribution in [0.4, 0.5) is 0 Å². The number of aromatic nitrogens is 5. The Balaban J connectivity index is 1.83. The Morgan fingerprint density at radius 2 is 2.53 bits per heavy atom. The molecule has 7 heteroatoms. The molecule has 0 aliphatic rings. The predicted octanol–water partition coefficient (Wildman–Crippen LogP) is 1.02. The Morgan fingerprint density at radius 1 is 1.59 bits per heavy atom. The summed E-state index contributed by atoms with van der Waals surface area (Å²) < 4.78 is 2.03. The molecule has 0 saturated carbocycles. The lowest BCUT2D eigenvalue weighted by atomic mass is 10.1. The molecule has 6 nitrogen and oxygen atoms in total. The van der Waals surface area contributed by atoms with Crippen LogP contribution >= 0.6 is 11.3 Å². The van der Waals surface area contributed by atoms with Gasteiger partial charge < -0.3 is 5.32 Å². The first-order valence-corrected chi connectivity index (χ1v) is 6.18. The normalized spacial score (nSPS) is 13.2. The first kappa shape index (κ1) is 10.4. The van der Waals surface area contributed by atoms with E-state index in [1.165, 1.54) is 6.33 Å². The van der Waals surface area contributed by atoms with Crippen molar-refractivity contribution in [3.05, 3.63) is 35.6 Å². The van der Waals surface area contributed by atoms with Gasteiger partial charge in [-0.1, -0.05) is 0 Å². The van der Waals surface area contributed by atoms with Crippen LogP contribution in [0.2, 0.25) is 0 Å². The third-order valence-corrected chi connectivity index (χ3v) is 3.44. The average molecular weight is 248 g/mol. The van der Waals surface area contributed by atoms with Gasteiger partial charge in [-0.2, -0.15) is 5.10 Å². The Hall–Kier alpha value is -1.73. The van der Waals surface area contributed by atoms with Gasteiger partial charge in [-0.15, -0.1) is 11.3 Å². The number of aromatic amines is 1. The molecule has 17 heavy (non-hydrogen) atoms. The first-order valence-electron chi connectivity index (χ1n) is 5.30. The fourth-order valence-corrected chi connectivity index (χ4v) is 2.52. The van der Waals surface area contributed by atoms with Crippen molar-refractivity contribution < 1.29 is 0 Å². The summed E-state index contributed by atoms with van der Waals surface area (Å²) in [5, 5.41) is 12.0. The molecule has 3 aromatic rings. The molecule has 0 aliphatic carbocycles. The van der Waals surface area contributed by atoms with E-state index in [1.54, 1.807) is 11.3 Å². The van der Waals surface area contributed by atoms with Gasteiger partial charge in [0.15, 0.2) is 4.96 Å². The highest BCUT2D eigenvalue weighted by Crippen LogP contribution is 2.16. The summed E-state index contributed by atoms with van der Waals surface area (Å²) in [4.78, 5) is 9.73. The zero-order chi connectivity index (χ0) is 11.7. The highest BCUT2D eigenvalue weighted by atomic mass is 32.1. The van der Waals surface area contributed by atoms with Crippen LogP contribution in [0.1, 0.15) is 17.6 Å². The van der Waals surface area contributed by atoms with Crippen LogP contribution in [0.15, 0.2) is 24.1 Å². The lowest BCUT2D eigenvalue weighted by Gasteiger charge is -2.10. The summed E-state index contributed by atoms with van der Waals surface area (Å²) in [6.45, 7) is 0. The molecule has 1 unspecified atom stereocenters. The molecule has 0 amide bonds. The van der Waals surface area contributed by atoms with Crippen LogP contribution in [0, 0.1) is 0 Å². The van der Waals surface area contributed by atoms with Crippen molar-refractivity contribution in [2.24, 2.45) is 0 Å². The van der Waals surface area contributed by atoms with Crippen molar-refractivity contribution in [1.29, 1.82) is 0 Å². The molecule has 0 fully saturated rings. The smallest absolute Gasteiger partial charge is 0.193 e. The monoisotopic (exact) mass is 248 g/mol. The fourth-order valence-electron chi connectivity index (χ4n) is 1.80. The molecular weight excluding hydrogens is 236 g/mol. The Kier molecular flexibility index (Phi) is 2.62. The number of hydrogen-bond donors (Lipinski definition) is 2. The van der Waals surface area contributed by atoms with E-state index in [1.807, 2.05) is 29.2 Å². The molecule has 2 N–H and O–H groups in total. The number of H-pyrrole nitrogens is 1. The summed E-state index contributed by atoms with van der Waals surface area (Å²) in [5.41, 5.74) is 1.05. The molecule has 1 atom stereocenters. The number of hydrogen-bond acceptors (Lipinski definition) is 5. The van der Waals surface area contributed by atoms with Gasteiger partial charge in [0.2, 0.25) is 0 Å². The number of nitrogens with zero attached hydrogens (tertiary/aromatic N) is 4. The molecule has 3 rings (SSSR count). The van der Waals surface area contributed by atoms with Crippen LogP contribution in [0.5, 0.6) is 0 Å². The van der Waals surface area contributed by atoms with Gasteiger partial charge in [0.05, 0.1) is 11.7 Å². The quantitative estimate of drug-likeness (QED) is 0.723. The van der Waals surface area contributed by atoms with E-state index in [0.29, 0.717) is 0 Å². The maximum absolute atomic E-state index is 4.55. The van der Waals surface area contributed by atoms with Crippen LogP contribution in [-0.2, 0) is 6.42 Å². The van der Waals surface area contributed by atoms with Gasteiger partial charge >= 0.3 is 0 Å². The number of rotatable bonds is 4. The van der Waals surface area contributed by atoms with E-state index < -0.39 is 0 Å². The molecular formula is C10H12N6S. The number of likely N-dealkylation sites (N-methyl/N-ethyl adjacent to an activating group) is 1. The molecule has 3 heterocycles. The lowest BCUT2D eigenvalue weighted by molar-refractivity contribution is 0.554. The number of thiazole rings is 1. The van der Waals surface area contributed by atoms with Crippen molar-refractivity contribution in [1.82, 2.24) is 29.9 Å². The molecule has 0 aliphatic heterocycles. The van der Waals surface area contributed by atoms with Crippen LogP contribution in [-0.4, -0.2) is 31.6 Å². The second kappa shape index (κ2) is 4.27. The standard InChI is InChI=1S/C10H12N6S/c1-11-8(9-12-6-13-15-9)4-7-5-16-2-3-17-10(16)14-7/h2-3,5-6,8,11H,4H2,1H3,(H,12,13,15). The number of imidazole rings is 1. The highest BCUT2D eigenvalue weighted by molar-refractivity contribution is 7.15. The summed E-state index contributed by atoms with van der Waals surface area (Å²) in [6, 6.07) is 0.113. The van der Waals surface area contributed by atoms with Crippen LogP contribution in [0.3, 0.4) is 0 Å². The molecule has 0 spiro atoms. The second-order valence-electron chi connectivity index (χ2n) is 3.74. The SMILES string of the molecule is CNC(Cc1cn2ccsc2n1)c1ncn[nH]1. The highest BCUT2D eigenvalue weighted by Gasteiger charge is 2.15. The third-order valence-electron chi connectivity index (χ3n) is 2.67. The number of nitrogens with one attached hydrogen (secondary N) is 2. The molecule has 0 saturated heterocycles. The van der Waals surface area contributed by atoms with E-state index in [-0.39, 0.29) is 6.04 Å². The van der Waals surface area contributed by atoms with E-state index >= 15 is 0 Å². The summed E-state index contributed by atoms with van der Waals surface area (Å²) in [7, 11) is 1.91. The van der Waals surface area contributed by atoms with Crippen molar-refractivity contribution in [3.63, 3.8) is 0 Å². The van der Waals surface area contributed by atoms with Gasteiger partial charge in [0.25, 0.3) is 0 Å². The van der Waals surface area contributed by atoms with Crippen molar-refractivity contribution in [2.45, 2.75) is 12.5 Å². The maximum Gasteiger partial charge on any atom is 0.193 e.